The summed E-state index contributed by atoms with van der Waals surface area (Å²) in [7, 11) is 0. The molecule has 1 aliphatic rings. The van der Waals surface area contributed by atoms with Crippen molar-refractivity contribution in [1.29, 1.82) is 0 Å². The Hall–Kier alpha value is -1.61. The van der Waals surface area contributed by atoms with E-state index in [2.05, 4.69) is 17.1 Å². The Bertz CT molecular complexity index is 490. The first kappa shape index (κ1) is 9.60. The zero-order valence-electron chi connectivity index (χ0n) is 8.67. The molecule has 16 heavy (non-hydrogen) atoms. The Kier molecular flexibility index (Phi) is 2.46. The second-order valence-electron chi connectivity index (χ2n) is 3.64. The van der Waals surface area contributed by atoms with Crippen molar-refractivity contribution in [3.63, 3.8) is 0 Å². The molecule has 1 aromatic carbocycles. The normalized spacial score (nSPS) is 19.2. The minimum atomic E-state index is 0.0818. The highest BCUT2D eigenvalue weighted by Gasteiger charge is 2.22. The first-order valence-electron chi connectivity index (χ1n) is 5.23. The molecule has 2 aromatic rings. The van der Waals surface area contributed by atoms with E-state index in [1.807, 2.05) is 35.7 Å². The van der Waals surface area contributed by atoms with Crippen LogP contribution in [-0.2, 0) is 4.74 Å². The molecular formula is C13H11NOS. The summed E-state index contributed by atoms with van der Waals surface area (Å²) in [5.41, 5.74) is 1.19. The number of ether oxygens (including phenoxy) is 1. The van der Waals surface area contributed by atoms with E-state index in [9.17, 15) is 0 Å². The molecule has 2 nitrogen and oxygen atoms in total. The maximum atomic E-state index is 5.85. The Morgan fingerprint density at radius 3 is 2.75 bits per heavy atom. The molecule has 0 spiro atoms. The average molecular weight is 229 g/mol. The number of hydrogen-bond acceptors (Lipinski definition) is 3. The van der Waals surface area contributed by atoms with Crippen LogP contribution < -0.4 is 0 Å². The largest absolute Gasteiger partial charge is 0.467 e. The summed E-state index contributed by atoms with van der Waals surface area (Å²) in [4.78, 5) is 5.55. The van der Waals surface area contributed by atoms with Gasteiger partial charge < -0.3 is 4.74 Å². The molecule has 0 N–H and O–H groups in total. The third-order valence-electron chi connectivity index (χ3n) is 2.56. The van der Waals surface area contributed by atoms with Gasteiger partial charge in [-0.1, -0.05) is 36.4 Å². The molecule has 0 bridgehead atoms. The van der Waals surface area contributed by atoms with E-state index in [-0.39, 0.29) is 6.10 Å². The van der Waals surface area contributed by atoms with Crippen molar-refractivity contribution >= 4 is 17.2 Å². The van der Waals surface area contributed by atoms with E-state index < -0.39 is 0 Å². The molecule has 1 atom stereocenters. The molecule has 0 unspecified atom stereocenters. The summed E-state index contributed by atoms with van der Waals surface area (Å²) in [5, 5.41) is 2.04. The van der Waals surface area contributed by atoms with Gasteiger partial charge in [-0.3, -0.25) is 0 Å². The topological polar surface area (TPSA) is 21.6 Å². The van der Waals surface area contributed by atoms with Gasteiger partial charge in [0.1, 0.15) is 6.10 Å². The van der Waals surface area contributed by atoms with Crippen LogP contribution in [0.5, 0.6) is 0 Å². The van der Waals surface area contributed by atoms with Crippen LogP contribution >= 0.6 is 11.3 Å². The molecule has 2 heterocycles. The SMILES string of the molecule is c1ccc([C@H]2CN=C(c3cccs3)O2)cc1. The van der Waals surface area contributed by atoms with Crippen molar-refractivity contribution < 1.29 is 4.74 Å². The van der Waals surface area contributed by atoms with Crippen molar-refractivity contribution in [2.45, 2.75) is 6.10 Å². The summed E-state index contributed by atoms with van der Waals surface area (Å²) in [6.45, 7) is 0.719. The first-order chi connectivity index (χ1) is 7.93. The van der Waals surface area contributed by atoms with Crippen LogP contribution in [0.4, 0.5) is 0 Å². The quantitative estimate of drug-likeness (QED) is 0.774. The third kappa shape index (κ3) is 1.74. The Labute approximate surface area is 98.2 Å². The average Bonchev–Trinajstić information content (AvgIpc) is 3.01. The van der Waals surface area contributed by atoms with E-state index in [0.29, 0.717) is 0 Å². The predicted molar refractivity (Wildman–Crippen MR) is 66.0 cm³/mol. The Morgan fingerprint density at radius 1 is 1.12 bits per heavy atom. The molecule has 0 radical (unpaired) electrons. The smallest absolute Gasteiger partial charge is 0.227 e. The maximum absolute atomic E-state index is 5.85. The van der Waals surface area contributed by atoms with Crippen LogP contribution in [0.25, 0.3) is 0 Å². The van der Waals surface area contributed by atoms with Crippen molar-refractivity contribution in [1.82, 2.24) is 0 Å². The molecule has 0 amide bonds. The fourth-order valence-corrected chi connectivity index (χ4v) is 2.43. The van der Waals surface area contributed by atoms with Crippen LogP contribution in [-0.4, -0.2) is 12.4 Å². The van der Waals surface area contributed by atoms with E-state index in [4.69, 9.17) is 4.74 Å². The van der Waals surface area contributed by atoms with Crippen molar-refractivity contribution in [3.05, 3.63) is 58.3 Å². The van der Waals surface area contributed by atoms with Crippen molar-refractivity contribution in [2.24, 2.45) is 4.99 Å². The lowest BCUT2D eigenvalue weighted by Crippen LogP contribution is -2.04. The highest BCUT2D eigenvalue weighted by Crippen LogP contribution is 2.26. The lowest BCUT2D eigenvalue weighted by atomic mass is 10.1. The highest BCUT2D eigenvalue weighted by molar-refractivity contribution is 7.12. The van der Waals surface area contributed by atoms with Gasteiger partial charge in [0.05, 0.1) is 11.4 Å². The molecule has 3 heteroatoms. The molecule has 3 rings (SSSR count). The summed E-state index contributed by atoms with van der Waals surface area (Å²) in [6.07, 6.45) is 0.0818. The monoisotopic (exact) mass is 229 g/mol. The lowest BCUT2D eigenvalue weighted by Gasteiger charge is -2.10. The maximum Gasteiger partial charge on any atom is 0.227 e. The van der Waals surface area contributed by atoms with E-state index >= 15 is 0 Å². The minimum Gasteiger partial charge on any atom is -0.467 e. The van der Waals surface area contributed by atoms with Crippen LogP contribution in [0.15, 0.2) is 52.8 Å². The summed E-state index contributed by atoms with van der Waals surface area (Å²) in [5.74, 6) is 0.781. The number of aliphatic imine (C=N–C) groups is 1. The second kappa shape index (κ2) is 4.10. The van der Waals surface area contributed by atoms with E-state index in [1.165, 1.54) is 5.56 Å². The van der Waals surface area contributed by atoms with Crippen LogP contribution in [0.3, 0.4) is 0 Å². The van der Waals surface area contributed by atoms with Crippen LogP contribution in [0, 0.1) is 0 Å². The van der Waals surface area contributed by atoms with Crippen LogP contribution in [0.2, 0.25) is 0 Å². The van der Waals surface area contributed by atoms with Gasteiger partial charge in [-0.15, -0.1) is 11.3 Å². The Balaban J connectivity index is 1.78. The van der Waals surface area contributed by atoms with Crippen molar-refractivity contribution in [3.8, 4) is 0 Å². The first-order valence-corrected chi connectivity index (χ1v) is 6.11. The number of nitrogens with zero attached hydrogens (tertiary/aromatic N) is 1. The summed E-state index contributed by atoms with van der Waals surface area (Å²) < 4.78 is 5.85. The van der Waals surface area contributed by atoms with E-state index in [1.54, 1.807) is 11.3 Å². The number of benzene rings is 1. The van der Waals surface area contributed by atoms with Gasteiger partial charge in [0.25, 0.3) is 0 Å². The molecule has 80 valence electrons. The third-order valence-corrected chi connectivity index (χ3v) is 3.42. The lowest BCUT2D eigenvalue weighted by molar-refractivity contribution is 0.231. The molecule has 0 saturated carbocycles. The fourth-order valence-electron chi connectivity index (χ4n) is 1.75. The summed E-state index contributed by atoms with van der Waals surface area (Å²) >= 11 is 1.66. The van der Waals surface area contributed by atoms with Gasteiger partial charge in [0.2, 0.25) is 5.90 Å². The molecule has 1 aromatic heterocycles. The Morgan fingerprint density at radius 2 is 2.00 bits per heavy atom. The zero-order chi connectivity index (χ0) is 10.8. The molecular weight excluding hydrogens is 218 g/mol. The van der Waals surface area contributed by atoms with Gasteiger partial charge in [0, 0.05) is 0 Å². The van der Waals surface area contributed by atoms with Crippen LogP contribution in [0.1, 0.15) is 16.5 Å². The molecule has 0 saturated heterocycles. The molecule has 1 aliphatic heterocycles. The summed E-state index contributed by atoms with van der Waals surface area (Å²) in [6, 6.07) is 14.3. The van der Waals surface area contributed by atoms with Gasteiger partial charge in [0.15, 0.2) is 0 Å². The predicted octanol–water partition coefficient (Wildman–Crippen LogP) is 3.27. The van der Waals surface area contributed by atoms with E-state index in [0.717, 1.165) is 17.3 Å². The highest BCUT2D eigenvalue weighted by atomic mass is 32.1. The standard InChI is InChI=1S/C13H11NOS/c1-2-5-10(6-3-1)11-9-14-13(15-11)12-7-4-8-16-12/h1-8,11H,9H2/t11-/m1/s1. The van der Waals surface area contributed by atoms with Gasteiger partial charge in [-0.05, 0) is 17.0 Å². The van der Waals surface area contributed by atoms with Gasteiger partial charge in [-0.25, -0.2) is 4.99 Å². The number of hydrogen-bond donors (Lipinski definition) is 0. The molecule has 0 fully saturated rings. The fraction of sp³-hybridized carbons (Fsp3) is 0.154. The van der Waals surface area contributed by atoms with Gasteiger partial charge in [-0.2, -0.15) is 0 Å². The zero-order valence-corrected chi connectivity index (χ0v) is 9.48. The van der Waals surface area contributed by atoms with Gasteiger partial charge >= 0.3 is 0 Å². The minimum absolute atomic E-state index is 0.0818. The van der Waals surface area contributed by atoms with Crippen molar-refractivity contribution in [2.75, 3.05) is 6.54 Å². The number of thiophene rings is 1. The second-order valence-corrected chi connectivity index (χ2v) is 4.59. The molecule has 0 aliphatic carbocycles. The number of rotatable bonds is 2.